The van der Waals surface area contributed by atoms with E-state index in [9.17, 15) is 13.2 Å². The Kier molecular flexibility index (Phi) is 6.40. The Labute approximate surface area is 97.7 Å². The smallest absolute Gasteiger partial charge is 0.166 e. The van der Waals surface area contributed by atoms with Crippen molar-refractivity contribution in [1.29, 1.82) is 0 Å². The van der Waals surface area contributed by atoms with Gasteiger partial charge in [-0.15, -0.1) is 12.4 Å². The van der Waals surface area contributed by atoms with Crippen LogP contribution in [0.1, 0.15) is 24.4 Å². The molecule has 0 saturated carbocycles. The minimum atomic E-state index is -1.25. The minimum Gasteiger partial charge on any atom is -0.396 e. The number of nitrogens with two attached hydrogens (primary N) is 1. The average Bonchev–Trinajstić information content (AvgIpc) is 2.21. The quantitative estimate of drug-likeness (QED) is 0.811. The van der Waals surface area contributed by atoms with Crippen molar-refractivity contribution in [3.8, 4) is 0 Å². The van der Waals surface area contributed by atoms with Gasteiger partial charge in [-0.05, 0) is 25.0 Å². The molecule has 0 saturated heterocycles. The maximum atomic E-state index is 13.2. The first-order chi connectivity index (χ1) is 7.07. The number of rotatable bonds is 4. The van der Waals surface area contributed by atoms with Crippen molar-refractivity contribution < 1.29 is 18.3 Å². The Morgan fingerprint density at radius 2 is 1.75 bits per heavy atom. The molecule has 1 aromatic rings. The molecule has 16 heavy (non-hydrogen) atoms. The summed E-state index contributed by atoms with van der Waals surface area (Å²) in [6, 6.07) is 0.618. The highest BCUT2D eigenvalue weighted by atomic mass is 35.5. The molecule has 92 valence electrons. The predicted octanol–water partition coefficient (Wildman–Crippen LogP) is 2.30. The highest BCUT2D eigenvalue weighted by molar-refractivity contribution is 5.85. The predicted molar refractivity (Wildman–Crippen MR) is 56.8 cm³/mol. The molecule has 1 rings (SSSR count). The molecule has 0 heterocycles. The zero-order chi connectivity index (χ0) is 11.4. The zero-order valence-corrected chi connectivity index (χ0v) is 9.24. The van der Waals surface area contributed by atoms with Crippen molar-refractivity contribution in [1.82, 2.24) is 0 Å². The molecule has 0 aliphatic heterocycles. The van der Waals surface area contributed by atoms with E-state index in [1.54, 1.807) is 0 Å². The SMILES string of the molecule is Cl.N[C@@H](CCCO)c1c(F)ccc(F)c1F. The van der Waals surface area contributed by atoms with Gasteiger partial charge in [-0.3, -0.25) is 0 Å². The van der Waals surface area contributed by atoms with Crippen LogP contribution in [0.5, 0.6) is 0 Å². The second-order valence-corrected chi connectivity index (χ2v) is 3.23. The molecule has 0 spiro atoms. The number of hydrogen-bond acceptors (Lipinski definition) is 2. The monoisotopic (exact) mass is 255 g/mol. The van der Waals surface area contributed by atoms with Crippen molar-refractivity contribution in [2.75, 3.05) is 6.61 Å². The second kappa shape index (κ2) is 6.73. The Morgan fingerprint density at radius 1 is 1.19 bits per heavy atom. The molecule has 1 atom stereocenters. The number of hydrogen-bond donors (Lipinski definition) is 2. The minimum absolute atomic E-state index is 0. The van der Waals surface area contributed by atoms with E-state index in [0.717, 1.165) is 6.07 Å². The van der Waals surface area contributed by atoms with E-state index in [1.807, 2.05) is 0 Å². The second-order valence-electron chi connectivity index (χ2n) is 3.23. The lowest BCUT2D eigenvalue weighted by Crippen LogP contribution is -2.15. The van der Waals surface area contributed by atoms with Crippen LogP contribution in [0.4, 0.5) is 13.2 Å². The van der Waals surface area contributed by atoms with E-state index in [0.29, 0.717) is 12.5 Å². The lowest BCUT2D eigenvalue weighted by molar-refractivity contribution is 0.278. The van der Waals surface area contributed by atoms with Crippen molar-refractivity contribution in [2.24, 2.45) is 5.73 Å². The largest absolute Gasteiger partial charge is 0.396 e. The Bertz CT molecular complexity index is 349. The van der Waals surface area contributed by atoms with Gasteiger partial charge < -0.3 is 10.8 Å². The van der Waals surface area contributed by atoms with E-state index in [-0.39, 0.29) is 25.4 Å². The summed E-state index contributed by atoms with van der Waals surface area (Å²) in [5.41, 5.74) is 5.04. The molecule has 0 radical (unpaired) electrons. The van der Waals surface area contributed by atoms with Gasteiger partial charge >= 0.3 is 0 Å². The molecule has 0 aliphatic rings. The van der Waals surface area contributed by atoms with Crippen LogP contribution < -0.4 is 5.73 Å². The molecule has 0 fully saturated rings. The molecule has 2 nitrogen and oxygen atoms in total. The van der Waals surface area contributed by atoms with Crippen LogP contribution in [0.15, 0.2) is 12.1 Å². The van der Waals surface area contributed by atoms with Gasteiger partial charge in [-0.25, -0.2) is 13.2 Å². The molecule has 3 N–H and O–H groups in total. The Morgan fingerprint density at radius 3 is 2.31 bits per heavy atom. The van der Waals surface area contributed by atoms with E-state index in [2.05, 4.69) is 0 Å². The fourth-order valence-electron chi connectivity index (χ4n) is 1.34. The third-order valence-electron chi connectivity index (χ3n) is 2.12. The lowest BCUT2D eigenvalue weighted by atomic mass is 10.0. The van der Waals surface area contributed by atoms with Gasteiger partial charge in [0.15, 0.2) is 11.6 Å². The van der Waals surface area contributed by atoms with Gasteiger partial charge in [-0.1, -0.05) is 0 Å². The van der Waals surface area contributed by atoms with E-state index >= 15 is 0 Å². The molecule has 1 aromatic carbocycles. The van der Waals surface area contributed by atoms with Crippen molar-refractivity contribution in [2.45, 2.75) is 18.9 Å². The first kappa shape index (κ1) is 15.2. The summed E-state index contributed by atoms with van der Waals surface area (Å²) in [7, 11) is 0. The number of halogens is 4. The molecule has 0 bridgehead atoms. The van der Waals surface area contributed by atoms with E-state index in [4.69, 9.17) is 10.8 Å². The third kappa shape index (κ3) is 3.37. The topological polar surface area (TPSA) is 46.2 Å². The third-order valence-corrected chi connectivity index (χ3v) is 2.12. The van der Waals surface area contributed by atoms with Crippen LogP contribution in [0.25, 0.3) is 0 Å². The molecular formula is C10H13ClF3NO. The molecular weight excluding hydrogens is 243 g/mol. The fourth-order valence-corrected chi connectivity index (χ4v) is 1.34. The van der Waals surface area contributed by atoms with Crippen LogP contribution in [0.2, 0.25) is 0 Å². The molecule has 0 unspecified atom stereocenters. The van der Waals surface area contributed by atoms with E-state index < -0.39 is 29.1 Å². The highest BCUT2D eigenvalue weighted by Gasteiger charge is 2.19. The molecule has 0 amide bonds. The van der Waals surface area contributed by atoms with Crippen LogP contribution in [0, 0.1) is 17.5 Å². The van der Waals surface area contributed by atoms with Crippen LogP contribution in [-0.4, -0.2) is 11.7 Å². The maximum absolute atomic E-state index is 13.2. The van der Waals surface area contributed by atoms with Gasteiger partial charge in [0, 0.05) is 18.2 Å². The van der Waals surface area contributed by atoms with Crippen LogP contribution in [0.3, 0.4) is 0 Å². The number of aliphatic hydroxyl groups is 1. The lowest BCUT2D eigenvalue weighted by Gasteiger charge is -2.13. The van der Waals surface area contributed by atoms with Gasteiger partial charge in [0.2, 0.25) is 0 Å². The highest BCUT2D eigenvalue weighted by Crippen LogP contribution is 2.24. The van der Waals surface area contributed by atoms with Gasteiger partial charge in [-0.2, -0.15) is 0 Å². The van der Waals surface area contributed by atoms with Gasteiger partial charge in [0.25, 0.3) is 0 Å². The van der Waals surface area contributed by atoms with Crippen molar-refractivity contribution in [3.63, 3.8) is 0 Å². The summed E-state index contributed by atoms with van der Waals surface area (Å²) in [5.74, 6) is -3.23. The number of benzene rings is 1. The average molecular weight is 256 g/mol. The van der Waals surface area contributed by atoms with Crippen LogP contribution >= 0.6 is 12.4 Å². The Balaban J connectivity index is 0.00000225. The van der Waals surface area contributed by atoms with E-state index in [1.165, 1.54) is 0 Å². The fraction of sp³-hybridized carbons (Fsp3) is 0.400. The van der Waals surface area contributed by atoms with Gasteiger partial charge in [0.05, 0.1) is 0 Å². The first-order valence-corrected chi connectivity index (χ1v) is 4.57. The zero-order valence-electron chi connectivity index (χ0n) is 8.42. The number of aliphatic hydroxyl groups excluding tert-OH is 1. The van der Waals surface area contributed by atoms with Crippen molar-refractivity contribution >= 4 is 12.4 Å². The maximum Gasteiger partial charge on any atom is 0.166 e. The first-order valence-electron chi connectivity index (χ1n) is 4.57. The summed E-state index contributed by atoms with van der Waals surface area (Å²) in [4.78, 5) is 0. The summed E-state index contributed by atoms with van der Waals surface area (Å²) in [6.45, 7) is -0.119. The summed E-state index contributed by atoms with van der Waals surface area (Å²) >= 11 is 0. The standard InChI is InChI=1S/C10H12F3NO.ClH/c11-6-3-4-7(12)10(13)9(6)8(14)2-1-5-15;/h3-4,8,15H,1-2,5,14H2;1H/t8-;/m0./s1. The summed E-state index contributed by atoms with van der Waals surface area (Å²) in [6.07, 6.45) is 0.518. The normalized spacial score (nSPS) is 12.1. The van der Waals surface area contributed by atoms with Gasteiger partial charge in [0.1, 0.15) is 5.82 Å². The molecule has 0 aromatic heterocycles. The molecule has 6 heteroatoms. The molecule has 0 aliphatic carbocycles. The van der Waals surface area contributed by atoms with Crippen molar-refractivity contribution in [3.05, 3.63) is 35.1 Å². The van der Waals surface area contributed by atoms with Crippen LogP contribution in [-0.2, 0) is 0 Å². The Hall–Kier alpha value is -0.780. The summed E-state index contributed by atoms with van der Waals surface area (Å²) < 4.78 is 39.1. The summed E-state index contributed by atoms with van der Waals surface area (Å²) in [5, 5.41) is 8.54.